The summed E-state index contributed by atoms with van der Waals surface area (Å²) >= 11 is 0.972. The Morgan fingerprint density at radius 2 is 1.95 bits per heavy atom. The van der Waals surface area contributed by atoms with Crippen LogP contribution in [0.25, 0.3) is 33.1 Å². The van der Waals surface area contributed by atoms with E-state index >= 15 is 4.39 Å². The molecule has 2 aromatic heterocycles. The summed E-state index contributed by atoms with van der Waals surface area (Å²) in [5.41, 5.74) is 8.94. The number of nitrogens with zero attached hydrogens (tertiary/aromatic N) is 4. The Bertz CT molecular complexity index is 1650. The largest absolute Gasteiger partial charge is 0.389 e. The minimum absolute atomic E-state index is 0.113. The number of unbranched alkanes of at least 4 members (excludes halogenated alkanes) is 1. The van der Waals surface area contributed by atoms with Crippen LogP contribution in [-0.4, -0.2) is 28.8 Å². The Hall–Kier alpha value is -3.35. The van der Waals surface area contributed by atoms with Crippen LogP contribution in [0.15, 0.2) is 11.2 Å². The summed E-state index contributed by atoms with van der Waals surface area (Å²) < 4.78 is 37.3. The van der Waals surface area contributed by atoms with Gasteiger partial charge in [0.15, 0.2) is 5.82 Å². The molecule has 6 nitrogen and oxygen atoms in total. The van der Waals surface area contributed by atoms with Crippen LogP contribution in [-0.2, 0) is 18.0 Å². The second-order valence-corrected chi connectivity index (χ2v) is 11.9. The van der Waals surface area contributed by atoms with E-state index in [0.717, 1.165) is 54.0 Å². The number of thiophene rings is 1. The zero-order valence-electron chi connectivity index (χ0n) is 24.8. The van der Waals surface area contributed by atoms with E-state index < -0.39 is 11.6 Å². The number of hydrogen-bond donors (Lipinski definition) is 1. The third-order valence-electron chi connectivity index (χ3n) is 7.96. The number of nitrogens with two attached hydrogens (primary N) is 1. The maximum atomic E-state index is 16.7. The number of halogens is 2. The number of anilines is 1. The molecule has 2 aliphatic rings. The molecule has 0 aliphatic carbocycles. The van der Waals surface area contributed by atoms with Crippen molar-refractivity contribution < 1.29 is 13.5 Å². The summed E-state index contributed by atoms with van der Waals surface area (Å²) in [6.07, 6.45) is 7.22. The molecule has 2 N–H and O–H groups in total. The van der Waals surface area contributed by atoms with E-state index in [9.17, 15) is 9.65 Å². The molecule has 5 rings (SSSR count). The fraction of sp³-hybridized carbons (Fsp3) is 0.469. The lowest BCUT2D eigenvalue weighted by molar-refractivity contribution is 0.134. The number of ether oxygens (including phenoxy) is 1. The van der Waals surface area contributed by atoms with Gasteiger partial charge in [0.1, 0.15) is 22.7 Å². The van der Waals surface area contributed by atoms with Crippen molar-refractivity contribution in [1.29, 1.82) is 5.26 Å². The quantitative estimate of drug-likeness (QED) is 0.278. The van der Waals surface area contributed by atoms with Crippen molar-refractivity contribution in [1.82, 2.24) is 9.88 Å². The lowest BCUT2D eigenvalue weighted by Crippen LogP contribution is -2.35. The predicted octanol–water partition coefficient (Wildman–Crippen LogP) is 6.61. The molecule has 0 amide bonds. The molecule has 1 saturated heterocycles. The molecule has 41 heavy (non-hydrogen) atoms. The van der Waals surface area contributed by atoms with Crippen molar-refractivity contribution in [3.63, 3.8) is 0 Å². The second kappa shape index (κ2) is 13.1. The monoisotopic (exact) mass is 579 g/mol. The molecule has 1 atom stereocenters. The van der Waals surface area contributed by atoms with Crippen molar-refractivity contribution >= 4 is 44.0 Å². The topological polar surface area (TPSA) is 87.5 Å². The number of aromatic nitrogens is 1. The highest BCUT2D eigenvalue weighted by Gasteiger charge is 2.28. The maximum Gasteiger partial charge on any atom is 0.159 e. The Kier molecular flexibility index (Phi) is 9.77. The van der Waals surface area contributed by atoms with Gasteiger partial charge in [0.05, 0.1) is 35.4 Å². The first-order valence-electron chi connectivity index (χ1n) is 14.3. The van der Waals surface area contributed by atoms with Gasteiger partial charge in [0, 0.05) is 40.7 Å². The summed E-state index contributed by atoms with van der Waals surface area (Å²) in [6.45, 7) is 14.9. The van der Waals surface area contributed by atoms with Gasteiger partial charge >= 0.3 is 0 Å². The standard InChI is InChI=1S/C28H29F2N5OS.C4H10/c1-5-15(3)22-18(9-33-16(4)35-7-6-14(2)11-35)19-12-36-13-20(19)23(25(22)30)26-24-17(8-31)28(32)37-27(24)21(29)10-34-26;1-3-4-2/h9-10,14H,5-7,11-13,32H2,1-4H3;3-4H2,1-2H3/b18-9-,22-15?,33-16?;. The Labute approximate surface area is 244 Å². The molecule has 218 valence electrons. The van der Waals surface area contributed by atoms with Gasteiger partial charge in [-0.25, -0.2) is 13.8 Å². The number of likely N-dealkylation sites (tertiary alicyclic amines) is 1. The zero-order valence-corrected chi connectivity index (χ0v) is 25.6. The van der Waals surface area contributed by atoms with Crippen LogP contribution >= 0.6 is 11.3 Å². The number of amidine groups is 1. The van der Waals surface area contributed by atoms with Crippen molar-refractivity contribution in [2.75, 3.05) is 18.8 Å². The first-order valence-corrected chi connectivity index (χ1v) is 15.2. The van der Waals surface area contributed by atoms with Crippen molar-refractivity contribution in [2.45, 2.75) is 80.4 Å². The van der Waals surface area contributed by atoms with Gasteiger partial charge < -0.3 is 15.4 Å². The summed E-state index contributed by atoms with van der Waals surface area (Å²) in [4.78, 5) is 11.3. The van der Waals surface area contributed by atoms with Crippen LogP contribution in [0.3, 0.4) is 0 Å². The lowest BCUT2D eigenvalue weighted by Gasteiger charge is -2.17. The molecule has 1 aromatic carbocycles. The number of aliphatic imine (C=N–C) groups is 1. The molecule has 0 radical (unpaired) electrons. The Balaban J connectivity index is 0.000000909. The molecule has 4 heterocycles. The van der Waals surface area contributed by atoms with Gasteiger partial charge in [0.25, 0.3) is 0 Å². The van der Waals surface area contributed by atoms with E-state index in [2.05, 4.69) is 36.7 Å². The summed E-state index contributed by atoms with van der Waals surface area (Å²) in [6, 6.07) is 2.06. The van der Waals surface area contributed by atoms with Gasteiger partial charge in [-0.05, 0) is 43.7 Å². The lowest BCUT2D eigenvalue weighted by atomic mass is 9.92. The first-order chi connectivity index (χ1) is 19.7. The number of nitriles is 1. The molecule has 3 aromatic rings. The van der Waals surface area contributed by atoms with Crippen LogP contribution in [0.2, 0.25) is 0 Å². The van der Waals surface area contributed by atoms with Gasteiger partial charge in [-0.3, -0.25) is 4.98 Å². The third-order valence-corrected chi connectivity index (χ3v) is 8.98. The third kappa shape index (κ3) is 5.86. The number of nitrogen functional groups attached to an aromatic ring is 1. The van der Waals surface area contributed by atoms with Crippen LogP contribution in [0.1, 0.15) is 83.9 Å². The molecular formula is C32H39F2N5OS. The minimum Gasteiger partial charge on any atom is -0.389 e. The number of fused-ring (bicyclic) bond motifs is 2. The molecule has 0 saturated carbocycles. The van der Waals surface area contributed by atoms with E-state index in [0.29, 0.717) is 34.9 Å². The van der Waals surface area contributed by atoms with Crippen LogP contribution < -0.4 is 16.2 Å². The van der Waals surface area contributed by atoms with E-state index in [1.54, 1.807) is 6.20 Å². The van der Waals surface area contributed by atoms with Crippen LogP contribution in [0.5, 0.6) is 0 Å². The first kappa shape index (κ1) is 30.6. The smallest absolute Gasteiger partial charge is 0.159 e. The average molecular weight is 580 g/mol. The molecule has 2 aliphatic heterocycles. The summed E-state index contributed by atoms with van der Waals surface area (Å²) in [5.74, 6) is 0.463. The number of benzene rings is 1. The molecular weight excluding hydrogens is 540 g/mol. The number of rotatable bonds is 4. The molecule has 9 heteroatoms. The number of hydrogen-bond acceptors (Lipinski definition) is 6. The Morgan fingerprint density at radius 3 is 2.56 bits per heavy atom. The fourth-order valence-corrected chi connectivity index (χ4v) is 6.18. The summed E-state index contributed by atoms with van der Waals surface area (Å²) in [5, 5.41) is 11.3. The van der Waals surface area contributed by atoms with Crippen molar-refractivity contribution in [3.8, 4) is 17.3 Å². The van der Waals surface area contributed by atoms with E-state index in [4.69, 9.17) is 15.5 Å². The predicted molar refractivity (Wildman–Crippen MR) is 165 cm³/mol. The van der Waals surface area contributed by atoms with Gasteiger partial charge in [-0.15, -0.1) is 11.3 Å². The van der Waals surface area contributed by atoms with Gasteiger partial charge in [0.2, 0.25) is 0 Å². The van der Waals surface area contributed by atoms with Crippen molar-refractivity contribution in [2.24, 2.45) is 10.9 Å². The van der Waals surface area contributed by atoms with Crippen molar-refractivity contribution in [3.05, 3.63) is 45.0 Å². The highest BCUT2D eigenvalue weighted by Crippen LogP contribution is 2.42. The van der Waals surface area contributed by atoms with Gasteiger partial charge in [-0.1, -0.05) is 46.1 Å². The minimum atomic E-state index is -0.590. The van der Waals surface area contributed by atoms with E-state index in [-0.39, 0.29) is 38.5 Å². The molecule has 0 spiro atoms. The normalized spacial score (nSPS) is 17.9. The highest BCUT2D eigenvalue weighted by atomic mass is 32.1. The van der Waals surface area contributed by atoms with Gasteiger partial charge in [-0.2, -0.15) is 5.26 Å². The Morgan fingerprint density at radius 1 is 1.24 bits per heavy atom. The molecule has 0 bridgehead atoms. The molecule has 1 fully saturated rings. The van der Waals surface area contributed by atoms with Crippen LogP contribution in [0, 0.1) is 28.9 Å². The van der Waals surface area contributed by atoms with E-state index in [1.807, 2.05) is 20.8 Å². The average Bonchev–Trinajstić information content (AvgIpc) is 3.70. The molecule has 1 unspecified atom stereocenters. The van der Waals surface area contributed by atoms with Crippen LogP contribution in [0.4, 0.5) is 13.8 Å². The second-order valence-electron chi connectivity index (χ2n) is 10.8. The highest BCUT2D eigenvalue weighted by molar-refractivity contribution is 7.23. The maximum absolute atomic E-state index is 16.7. The summed E-state index contributed by atoms with van der Waals surface area (Å²) in [7, 11) is 0. The van der Waals surface area contributed by atoms with E-state index in [1.165, 1.54) is 12.8 Å². The SMILES string of the molecule is CCC(C)=c1c(F)c(-c2ncc(F)c3sc(N)c(C#N)c23)c2c(/c1=C/N=C(C)N1CCC(C)C1)COC2.CCCC. The number of pyridine rings is 1. The zero-order chi connectivity index (χ0) is 29.8. The fourth-order valence-electron chi connectivity index (χ4n) is 5.26.